The second-order valence-electron chi connectivity index (χ2n) is 4.01. The lowest BCUT2D eigenvalue weighted by Crippen LogP contribution is -2.35. The van der Waals surface area contributed by atoms with E-state index in [0.717, 1.165) is 11.1 Å². The molecule has 1 N–H and O–H groups in total. The molecule has 1 aliphatic heterocycles. The third-order valence-corrected chi connectivity index (χ3v) is 3.51. The maximum Gasteiger partial charge on any atom is 0.407 e. The van der Waals surface area contributed by atoms with E-state index in [9.17, 15) is 4.79 Å². The third kappa shape index (κ3) is 2.06. The van der Waals surface area contributed by atoms with Crippen molar-refractivity contribution in [1.82, 2.24) is 4.90 Å². The van der Waals surface area contributed by atoms with E-state index in [1.165, 1.54) is 4.90 Å². The lowest BCUT2D eigenvalue weighted by atomic mass is 9.98. The monoisotopic (exact) mass is 271 g/mol. The molecule has 0 unspecified atom stereocenters. The minimum atomic E-state index is -0.936. The van der Waals surface area contributed by atoms with E-state index >= 15 is 0 Å². The van der Waals surface area contributed by atoms with Crippen molar-refractivity contribution in [1.29, 1.82) is 0 Å². The van der Waals surface area contributed by atoms with Crippen molar-refractivity contribution in [2.45, 2.75) is 13.0 Å². The van der Waals surface area contributed by atoms with Gasteiger partial charge in [0.25, 0.3) is 0 Å². The molecule has 98 valence electrons. The summed E-state index contributed by atoms with van der Waals surface area (Å²) < 4.78 is 10.5. The van der Waals surface area contributed by atoms with Gasteiger partial charge < -0.3 is 19.5 Å². The zero-order chi connectivity index (χ0) is 13.3. The van der Waals surface area contributed by atoms with Crippen molar-refractivity contribution < 1.29 is 19.4 Å². The molecule has 0 spiro atoms. The number of carboxylic acid groups (broad SMARTS) is 1. The van der Waals surface area contributed by atoms with E-state index in [1.54, 1.807) is 20.3 Å². The number of methoxy groups -OCH3 is 2. The Balaban J connectivity index is 2.49. The summed E-state index contributed by atoms with van der Waals surface area (Å²) >= 11 is 6.24. The zero-order valence-corrected chi connectivity index (χ0v) is 11.0. The summed E-state index contributed by atoms with van der Waals surface area (Å²) in [6.07, 6.45) is -0.372. The average Bonchev–Trinajstić information content (AvgIpc) is 2.38. The van der Waals surface area contributed by atoms with Crippen LogP contribution in [0.2, 0.25) is 5.02 Å². The van der Waals surface area contributed by atoms with Crippen LogP contribution in [0.1, 0.15) is 11.1 Å². The molecule has 0 aliphatic carbocycles. The van der Waals surface area contributed by atoms with Gasteiger partial charge in [-0.25, -0.2) is 4.79 Å². The third-order valence-electron chi connectivity index (χ3n) is 3.10. The predicted octanol–water partition coefficient (Wildman–Crippen LogP) is 2.39. The lowest BCUT2D eigenvalue weighted by molar-refractivity contribution is 0.139. The molecule has 18 heavy (non-hydrogen) atoms. The first kappa shape index (κ1) is 12.8. The minimum absolute atomic E-state index is 0.289. The Hall–Kier alpha value is -1.62. The Labute approximate surface area is 110 Å². The van der Waals surface area contributed by atoms with Crippen molar-refractivity contribution in [3.8, 4) is 11.5 Å². The fourth-order valence-electron chi connectivity index (χ4n) is 2.14. The summed E-state index contributed by atoms with van der Waals surface area (Å²) in [4.78, 5) is 12.3. The minimum Gasteiger partial charge on any atom is -0.496 e. The van der Waals surface area contributed by atoms with Gasteiger partial charge in [-0.15, -0.1) is 0 Å². The van der Waals surface area contributed by atoms with E-state index < -0.39 is 6.09 Å². The van der Waals surface area contributed by atoms with Crippen LogP contribution in [0.25, 0.3) is 0 Å². The molecule has 5 nitrogen and oxygen atoms in total. The molecule has 0 fully saturated rings. The number of carbonyl (C=O) groups is 1. The van der Waals surface area contributed by atoms with E-state index in [0.29, 0.717) is 29.5 Å². The van der Waals surface area contributed by atoms with Gasteiger partial charge in [0.05, 0.1) is 25.8 Å². The number of rotatable bonds is 2. The second-order valence-corrected chi connectivity index (χ2v) is 4.38. The molecular formula is C12H14ClNO4. The highest BCUT2D eigenvalue weighted by Crippen LogP contribution is 2.39. The summed E-state index contributed by atoms with van der Waals surface area (Å²) in [6, 6.07) is 1.69. The number of hydrogen-bond acceptors (Lipinski definition) is 3. The van der Waals surface area contributed by atoms with Gasteiger partial charge in [0.15, 0.2) is 0 Å². The molecule has 0 bridgehead atoms. The first-order valence-corrected chi connectivity index (χ1v) is 5.86. The number of benzene rings is 1. The highest BCUT2D eigenvalue weighted by atomic mass is 35.5. The van der Waals surface area contributed by atoms with Gasteiger partial charge in [-0.2, -0.15) is 0 Å². The average molecular weight is 272 g/mol. The maximum atomic E-state index is 11.0. The van der Waals surface area contributed by atoms with Crippen LogP contribution in [0.4, 0.5) is 4.79 Å². The van der Waals surface area contributed by atoms with E-state index in [4.69, 9.17) is 26.2 Å². The van der Waals surface area contributed by atoms with Gasteiger partial charge in [0, 0.05) is 18.2 Å². The Morgan fingerprint density at radius 1 is 1.33 bits per heavy atom. The molecule has 0 saturated carbocycles. The first-order valence-electron chi connectivity index (χ1n) is 5.48. The topological polar surface area (TPSA) is 59.0 Å². The van der Waals surface area contributed by atoms with Gasteiger partial charge in [0.2, 0.25) is 0 Å². The highest BCUT2D eigenvalue weighted by Gasteiger charge is 2.26. The van der Waals surface area contributed by atoms with E-state index in [2.05, 4.69) is 0 Å². The summed E-state index contributed by atoms with van der Waals surface area (Å²) in [6.45, 7) is 0.718. The van der Waals surface area contributed by atoms with Gasteiger partial charge in [0.1, 0.15) is 11.5 Å². The molecule has 0 radical (unpaired) electrons. The van der Waals surface area contributed by atoms with Crippen molar-refractivity contribution in [3.05, 3.63) is 22.2 Å². The van der Waals surface area contributed by atoms with Crippen LogP contribution in [0.15, 0.2) is 6.07 Å². The molecule has 1 aromatic rings. The standard InChI is InChI=1S/C12H14ClNO4/c1-17-9-5-10(18-2)11(13)7-3-4-14(12(15)16)6-8(7)9/h5H,3-4,6H2,1-2H3,(H,15,16). The number of nitrogens with zero attached hydrogens (tertiary/aromatic N) is 1. The molecule has 2 rings (SSSR count). The normalized spacial score (nSPS) is 14.1. The Bertz CT molecular complexity index is 489. The molecule has 1 amide bonds. The Morgan fingerprint density at radius 3 is 2.56 bits per heavy atom. The van der Waals surface area contributed by atoms with Gasteiger partial charge in [-0.1, -0.05) is 11.6 Å². The molecule has 0 atom stereocenters. The SMILES string of the molecule is COc1cc(OC)c2c(c1Cl)CCN(C(=O)O)C2. The molecule has 1 aromatic carbocycles. The largest absolute Gasteiger partial charge is 0.496 e. The Kier molecular flexibility index (Phi) is 3.52. The summed E-state index contributed by atoms with van der Waals surface area (Å²) in [5.41, 5.74) is 1.72. The smallest absolute Gasteiger partial charge is 0.407 e. The summed E-state index contributed by atoms with van der Waals surface area (Å²) in [7, 11) is 3.09. The first-order chi connectivity index (χ1) is 8.58. The zero-order valence-electron chi connectivity index (χ0n) is 10.2. The summed E-state index contributed by atoms with van der Waals surface area (Å²) in [5.74, 6) is 1.16. The fourth-order valence-corrected chi connectivity index (χ4v) is 2.48. The van der Waals surface area contributed by atoms with Crippen LogP contribution in [0.3, 0.4) is 0 Å². The van der Waals surface area contributed by atoms with Crippen LogP contribution < -0.4 is 9.47 Å². The van der Waals surface area contributed by atoms with Gasteiger partial charge in [-0.05, 0) is 12.0 Å². The van der Waals surface area contributed by atoms with Crippen LogP contribution in [0, 0.1) is 0 Å². The van der Waals surface area contributed by atoms with Gasteiger partial charge >= 0.3 is 6.09 Å². The molecule has 1 aliphatic rings. The molecule has 0 saturated heterocycles. The van der Waals surface area contributed by atoms with Crippen molar-refractivity contribution in [3.63, 3.8) is 0 Å². The number of amides is 1. The van der Waals surface area contributed by atoms with Crippen LogP contribution in [-0.4, -0.2) is 36.9 Å². The van der Waals surface area contributed by atoms with Crippen LogP contribution in [-0.2, 0) is 13.0 Å². The van der Waals surface area contributed by atoms with E-state index in [1.807, 2.05) is 0 Å². The predicted molar refractivity (Wildman–Crippen MR) is 66.7 cm³/mol. The van der Waals surface area contributed by atoms with E-state index in [-0.39, 0.29) is 6.54 Å². The molecule has 0 aromatic heterocycles. The molecule has 1 heterocycles. The number of fused-ring (bicyclic) bond motifs is 1. The quantitative estimate of drug-likeness (QED) is 0.897. The van der Waals surface area contributed by atoms with Crippen molar-refractivity contribution in [2.75, 3.05) is 20.8 Å². The molecular weight excluding hydrogens is 258 g/mol. The second kappa shape index (κ2) is 4.94. The van der Waals surface area contributed by atoms with Crippen molar-refractivity contribution >= 4 is 17.7 Å². The van der Waals surface area contributed by atoms with Crippen molar-refractivity contribution in [2.24, 2.45) is 0 Å². The van der Waals surface area contributed by atoms with Gasteiger partial charge in [-0.3, -0.25) is 0 Å². The fraction of sp³-hybridized carbons (Fsp3) is 0.417. The van der Waals surface area contributed by atoms with Crippen LogP contribution >= 0.6 is 11.6 Å². The Morgan fingerprint density at radius 2 is 2.00 bits per heavy atom. The summed E-state index contributed by atoms with van der Waals surface area (Å²) in [5, 5.41) is 9.57. The number of hydrogen-bond donors (Lipinski definition) is 1. The number of halogens is 1. The highest BCUT2D eigenvalue weighted by molar-refractivity contribution is 6.33. The maximum absolute atomic E-state index is 11.0. The van der Waals surface area contributed by atoms with Crippen LogP contribution in [0.5, 0.6) is 11.5 Å². The lowest BCUT2D eigenvalue weighted by Gasteiger charge is -2.29. The number of ether oxygens (including phenoxy) is 2. The molecule has 6 heteroatoms.